The van der Waals surface area contributed by atoms with Crippen LogP contribution in [-0.2, 0) is 11.2 Å². The van der Waals surface area contributed by atoms with Gasteiger partial charge in [0.15, 0.2) is 0 Å². The third-order valence-electron chi connectivity index (χ3n) is 4.16. The van der Waals surface area contributed by atoms with Crippen LogP contribution in [0.3, 0.4) is 0 Å². The number of anilines is 1. The lowest BCUT2D eigenvalue weighted by Gasteiger charge is -2.20. The summed E-state index contributed by atoms with van der Waals surface area (Å²) in [4.78, 5) is 12.6. The van der Waals surface area contributed by atoms with E-state index in [9.17, 15) is 4.79 Å². The Morgan fingerprint density at radius 2 is 1.70 bits per heavy atom. The number of hydrogen-bond donors (Lipinski definition) is 1. The minimum atomic E-state index is -0.0330. The van der Waals surface area contributed by atoms with Crippen LogP contribution in [0.5, 0.6) is 0 Å². The van der Waals surface area contributed by atoms with Gasteiger partial charge >= 0.3 is 0 Å². The largest absolute Gasteiger partial charge is 0.361 e. The number of aryl methyl sites for hydroxylation is 2. The maximum absolute atomic E-state index is 12.6. The Labute approximate surface area is 138 Å². The summed E-state index contributed by atoms with van der Waals surface area (Å²) in [5.74, 6) is 1.37. The van der Waals surface area contributed by atoms with Crippen molar-refractivity contribution in [3.63, 3.8) is 0 Å². The number of para-hydroxylation sites is 1. The molecular weight excluding hydrogens is 288 g/mol. The molecule has 0 atom stereocenters. The van der Waals surface area contributed by atoms with Gasteiger partial charge in [-0.05, 0) is 36.8 Å². The Hall–Kier alpha value is -2.10. The van der Waals surface area contributed by atoms with Crippen LogP contribution in [0.15, 0.2) is 22.7 Å². The van der Waals surface area contributed by atoms with Crippen LogP contribution < -0.4 is 5.32 Å². The quantitative estimate of drug-likeness (QED) is 0.868. The lowest BCUT2D eigenvalue weighted by Crippen LogP contribution is -2.18. The zero-order chi connectivity index (χ0) is 17.1. The molecule has 1 amide bonds. The number of aromatic nitrogens is 1. The van der Waals surface area contributed by atoms with Crippen molar-refractivity contribution in [2.75, 3.05) is 5.32 Å². The lowest BCUT2D eigenvalue weighted by atomic mass is 9.92. The second-order valence-electron chi connectivity index (χ2n) is 6.65. The summed E-state index contributed by atoms with van der Waals surface area (Å²) in [6.45, 7) is 12.3. The van der Waals surface area contributed by atoms with E-state index < -0.39 is 0 Å². The maximum atomic E-state index is 12.6. The van der Waals surface area contributed by atoms with E-state index in [4.69, 9.17) is 4.52 Å². The molecule has 1 heterocycles. The number of carbonyl (C=O) groups excluding carboxylic acids is 1. The van der Waals surface area contributed by atoms with Crippen molar-refractivity contribution in [2.45, 2.75) is 59.8 Å². The van der Waals surface area contributed by atoms with E-state index in [-0.39, 0.29) is 12.3 Å². The summed E-state index contributed by atoms with van der Waals surface area (Å²) >= 11 is 0. The van der Waals surface area contributed by atoms with E-state index in [1.807, 2.05) is 13.8 Å². The van der Waals surface area contributed by atoms with Gasteiger partial charge in [0.25, 0.3) is 0 Å². The highest BCUT2D eigenvalue weighted by molar-refractivity contribution is 5.94. The van der Waals surface area contributed by atoms with Crippen LogP contribution in [0.25, 0.3) is 0 Å². The van der Waals surface area contributed by atoms with Gasteiger partial charge in [-0.15, -0.1) is 0 Å². The third kappa shape index (κ3) is 3.81. The minimum Gasteiger partial charge on any atom is -0.361 e. The summed E-state index contributed by atoms with van der Waals surface area (Å²) in [6, 6.07) is 6.23. The highest BCUT2D eigenvalue weighted by Gasteiger charge is 2.18. The number of benzene rings is 1. The molecular formula is C19H26N2O2. The molecule has 0 unspecified atom stereocenters. The molecule has 2 aromatic rings. The highest BCUT2D eigenvalue weighted by atomic mass is 16.5. The van der Waals surface area contributed by atoms with Crippen LogP contribution in [0.4, 0.5) is 5.69 Å². The Kier molecular flexibility index (Phi) is 5.24. The van der Waals surface area contributed by atoms with Crippen LogP contribution in [0.1, 0.15) is 67.7 Å². The van der Waals surface area contributed by atoms with Crippen LogP contribution >= 0.6 is 0 Å². The molecule has 0 aliphatic heterocycles. The Morgan fingerprint density at radius 3 is 2.13 bits per heavy atom. The average Bonchev–Trinajstić information content (AvgIpc) is 2.78. The van der Waals surface area contributed by atoms with Gasteiger partial charge in [0.1, 0.15) is 5.76 Å². The van der Waals surface area contributed by atoms with E-state index in [2.05, 4.69) is 56.4 Å². The molecule has 0 saturated heterocycles. The average molecular weight is 314 g/mol. The number of rotatable bonds is 5. The van der Waals surface area contributed by atoms with Gasteiger partial charge in [-0.3, -0.25) is 4.79 Å². The molecule has 0 fully saturated rings. The zero-order valence-electron chi connectivity index (χ0n) is 14.9. The predicted molar refractivity (Wildman–Crippen MR) is 92.9 cm³/mol. The first-order valence-corrected chi connectivity index (χ1v) is 8.15. The molecule has 1 aromatic heterocycles. The van der Waals surface area contributed by atoms with E-state index in [0.717, 1.165) is 16.9 Å². The first kappa shape index (κ1) is 17.3. The number of nitrogens with one attached hydrogen (secondary N) is 1. The molecule has 124 valence electrons. The second kappa shape index (κ2) is 6.99. The molecule has 4 nitrogen and oxygen atoms in total. The molecule has 0 aliphatic rings. The van der Waals surface area contributed by atoms with Crippen LogP contribution in [0, 0.1) is 13.8 Å². The normalized spacial score (nSPS) is 11.3. The molecule has 4 heteroatoms. The molecule has 23 heavy (non-hydrogen) atoms. The summed E-state index contributed by atoms with van der Waals surface area (Å²) in [7, 11) is 0. The summed E-state index contributed by atoms with van der Waals surface area (Å²) in [6.07, 6.45) is 0.283. The molecule has 0 aliphatic carbocycles. The SMILES string of the molecule is Cc1noc(C)c1CC(=O)Nc1c(C(C)C)cccc1C(C)C. The first-order chi connectivity index (χ1) is 10.8. The van der Waals surface area contributed by atoms with Gasteiger partial charge in [0.05, 0.1) is 12.1 Å². The predicted octanol–water partition coefficient (Wildman–Crippen LogP) is 4.72. The van der Waals surface area contributed by atoms with Crippen molar-refractivity contribution < 1.29 is 9.32 Å². The highest BCUT2D eigenvalue weighted by Crippen LogP contribution is 2.32. The molecule has 0 bridgehead atoms. The summed E-state index contributed by atoms with van der Waals surface area (Å²) in [5.41, 5.74) is 4.94. The number of carbonyl (C=O) groups is 1. The molecule has 2 rings (SSSR count). The number of nitrogens with zero attached hydrogens (tertiary/aromatic N) is 1. The van der Waals surface area contributed by atoms with E-state index >= 15 is 0 Å². The smallest absolute Gasteiger partial charge is 0.229 e. The minimum absolute atomic E-state index is 0.0330. The fourth-order valence-corrected chi connectivity index (χ4v) is 2.79. The van der Waals surface area contributed by atoms with Crippen molar-refractivity contribution in [3.8, 4) is 0 Å². The van der Waals surface area contributed by atoms with Crippen LogP contribution in [-0.4, -0.2) is 11.1 Å². The third-order valence-corrected chi connectivity index (χ3v) is 4.16. The molecule has 0 radical (unpaired) electrons. The first-order valence-electron chi connectivity index (χ1n) is 8.15. The Balaban J connectivity index is 2.30. The van der Waals surface area contributed by atoms with Crippen molar-refractivity contribution in [1.29, 1.82) is 0 Å². The Morgan fingerprint density at radius 1 is 1.13 bits per heavy atom. The molecule has 0 spiro atoms. The van der Waals surface area contributed by atoms with E-state index in [0.29, 0.717) is 17.6 Å². The van der Waals surface area contributed by atoms with Crippen molar-refractivity contribution in [1.82, 2.24) is 5.16 Å². The van der Waals surface area contributed by atoms with Crippen molar-refractivity contribution in [2.24, 2.45) is 0 Å². The van der Waals surface area contributed by atoms with Crippen molar-refractivity contribution in [3.05, 3.63) is 46.3 Å². The number of hydrogen-bond acceptors (Lipinski definition) is 3. The standard InChI is InChI=1S/C19H26N2O2/c1-11(2)15-8-7-9-16(12(3)4)19(15)20-18(22)10-17-13(5)21-23-14(17)6/h7-9,11-12H,10H2,1-6H3,(H,20,22). The van der Waals surface area contributed by atoms with Gasteiger partial charge in [0.2, 0.25) is 5.91 Å². The van der Waals surface area contributed by atoms with Gasteiger partial charge in [0, 0.05) is 11.3 Å². The number of amides is 1. The molecule has 0 saturated carbocycles. The monoisotopic (exact) mass is 314 g/mol. The fourth-order valence-electron chi connectivity index (χ4n) is 2.79. The van der Waals surface area contributed by atoms with Crippen LogP contribution in [0.2, 0.25) is 0 Å². The van der Waals surface area contributed by atoms with Gasteiger partial charge < -0.3 is 9.84 Å². The van der Waals surface area contributed by atoms with E-state index in [1.165, 1.54) is 11.1 Å². The summed E-state index contributed by atoms with van der Waals surface area (Å²) in [5, 5.41) is 7.04. The maximum Gasteiger partial charge on any atom is 0.229 e. The molecule has 1 N–H and O–H groups in total. The van der Waals surface area contributed by atoms with Gasteiger partial charge in [-0.25, -0.2) is 0 Å². The second-order valence-corrected chi connectivity index (χ2v) is 6.65. The topological polar surface area (TPSA) is 55.1 Å². The summed E-state index contributed by atoms with van der Waals surface area (Å²) < 4.78 is 5.14. The van der Waals surface area contributed by atoms with Gasteiger partial charge in [-0.1, -0.05) is 51.1 Å². The molecule has 1 aromatic carbocycles. The fraction of sp³-hybridized carbons (Fsp3) is 0.474. The van der Waals surface area contributed by atoms with Crippen molar-refractivity contribution >= 4 is 11.6 Å². The lowest BCUT2D eigenvalue weighted by molar-refractivity contribution is -0.115. The van der Waals surface area contributed by atoms with E-state index in [1.54, 1.807) is 0 Å². The zero-order valence-corrected chi connectivity index (χ0v) is 14.9. The van der Waals surface area contributed by atoms with Gasteiger partial charge in [-0.2, -0.15) is 0 Å². The Bertz CT molecular complexity index is 654.